The molecular weight excluding hydrogens is 288 g/mol. The zero-order chi connectivity index (χ0) is 13.4. The summed E-state index contributed by atoms with van der Waals surface area (Å²) in [6.07, 6.45) is 2.02. The fourth-order valence-corrected chi connectivity index (χ4v) is 2.84. The molecule has 1 N–H and O–H groups in total. The molecule has 0 aromatic carbocycles. The molecular formula is C10H11ClN6OS. The molecule has 0 spiro atoms. The van der Waals surface area contributed by atoms with Crippen LogP contribution in [0.5, 0.6) is 0 Å². The molecule has 1 unspecified atom stereocenters. The highest BCUT2D eigenvalue weighted by Gasteiger charge is 2.23. The molecule has 0 saturated heterocycles. The number of fused-ring (bicyclic) bond motifs is 1. The van der Waals surface area contributed by atoms with E-state index in [2.05, 4.69) is 30.3 Å². The SMILES string of the molecule is CC(NC(=O)c1nnc(Cl)s1)c1nnc2n1CCC2. The number of aryl methyl sites for hydroxylation is 1. The highest BCUT2D eigenvalue weighted by atomic mass is 35.5. The third kappa shape index (κ3) is 2.33. The van der Waals surface area contributed by atoms with E-state index in [4.69, 9.17) is 11.6 Å². The molecule has 0 radical (unpaired) electrons. The van der Waals surface area contributed by atoms with E-state index in [0.717, 1.165) is 42.4 Å². The number of hydrogen-bond donors (Lipinski definition) is 1. The van der Waals surface area contributed by atoms with Crippen LogP contribution in [0.1, 0.15) is 40.8 Å². The van der Waals surface area contributed by atoms with Crippen molar-refractivity contribution in [1.29, 1.82) is 0 Å². The number of amides is 1. The number of rotatable bonds is 3. The molecule has 3 rings (SSSR count). The maximum absolute atomic E-state index is 11.9. The van der Waals surface area contributed by atoms with Crippen LogP contribution in [0.25, 0.3) is 0 Å². The van der Waals surface area contributed by atoms with Crippen LogP contribution in [0.4, 0.5) is 0 Å². The van der Waals surface area contributed by atoms with Gasteiger partial charge in [0.1, 0.15) is 5.82 Å². The zero-order valence-electron chi connectivity index (χ0n) is 10.1. The Kier molecular flexibility index (Phi) is 3.19. The van der Waals surface area contributed by atoms with E-state index in [9.17, 15) is 4.79 Å². The fraction of sp³-hybridized carbons (Fsp3) is 0.500. The molecule has 1 amide bonds. The Labute approximate surface area is 118 Å². The van der Waals surface area contributed by atoms with Gasteiger partial charge in [-0.15, -0.1) is 20.4 Å². The van der Waals surface area contributed by atoms with Gasteiger partial charge in [0.2, 0.25) is 9.47 Å². The van der Waals surface area contributed by atoms with Gasteiger partial charge in [-0.05, 0) is 24.9 Å². The van der Waals surface area contributed by atoms with Gasteiger partial charge >= 0.3 is 0 Å². The monoisotopic (exact) mass is 298 g/mol. The Balaban J connectivity index is 1.74. The minimum absolute atomic E-state index is 0.227. The fourth-order valence-electron chi connectivity index (χ4n) is 2.11. The van der Waals surface area contributed by atoms with E-state index in [0.29, 0.717) is 0 Å². The molecule has 1 atom stereocenters. The molecule has 0 saturated carbocycles. The first-order valence-electron chi connectivity index (χ1n) is 5.87. The van der Waals surface area contributed by atoms with Crippen molar-refractivity contribution in [3.05, 3.63) is 21.1 Å². The number of halogens is 1. The third-order valence-corrected chi connectivity index (χ3v) is 3.99. The second-order valence-corrected chi connectivity index (χ2v) is 5.84. The number of aromatic nitrogens is 5. The largest absolute Gasteiger partial charge is 0.340 e. The highest BCUT2D eigenvalue weighted by Crippen LogP contribution is 2.20. The number of hydrogen-bond acceptors (Lipinski definition) is 6. The van der Waals surface area contributed by atoms with Crippen LogP contribution >= 0.6 is 22.9 Å². The van der Waals surface area contributed by atoms with Crippen molar-refractivity contribution in [1.82, 2.24) is 30.3 Å². The van der Waals surface area contributed by atoms with E-state index in [1.807, 2.05) is 6.92 Å². The standard InChI is InChI=1S/C10H11ClN6OS/c1-5(7-14-13-6-3-2-4-17(6)7)12-8(18)9-15-16-10(11)19-9/h5H,2-4H2,1H3,(H,12,18). The van der Waals surface area contributed by atoms with Crippen LogP contribution in [0, 0.1) is 0 Å². The summed E-state index contributed by atoms with van der Waals surface area (Å²) in [4.78, 5) is 11.9. The summed E-state index contributed by atoms with van der Waals surface area (Å²) >= 11 is 6.70. The first-order chi connectivity index (χ1) is 9.15. The molecule has 1 aliphatic heterocycles. The maximum atomic E-state index is 11.9. The van der Waals surface area contributed by atoms with Gasteiger partial charge < -0.3 is 9.88 Å². The lowest BCUT2D eigenvalue weighted by Gasteiger charge is -2.12. The molecule has 1 aliphatic rings. The molecule has 0 aliphatic carbocycles. The topological polar surface area (TPSA) is 85.6 Å². The summed E-state index contributed by atoms with van der Waals surface area (Å²) in [6, 6.07) is -0.227. The van der Waals surface area contributed by atoms with Crippen LogP contribution in [0.3, 0.4) is 0 Å². The van der Waals surface area contributed by atoms with Crippen LogP contribution in [0.15, 0.2) is 0 Å². The molecule has 19 heavy (non-hydrogen) atoms. The van der Waals surface area contributed by atoms with Gasteiger partial charge in [0.15, 0.2) is 5.82 Å². The molecule has 0 fully saturated rings. The van der Waals surface area contributed by atoms with Crippen molar-refractivity contribution in [2.75, 3.05) is 0 Å². The predicted octanol–water partition coefficient (Wildman–Crippen LogP) is 1.22. The number of carbonyl (C=O) groups is 1. The molecule has 2 aromatic rings. The molecule has 3 heterocycles. The highest BCUT2D eigenvalue weighted by molar-refractivity contribution is 7.17. The molecule has 100 valence electrons. The Hall–Kier alpha value is -1.54. The maximum Gasteiger partial charge on any atom is 0.282 e. The Morgan fingerprint density at radius 3 is 3.00 bits per heavy atom. The predicted molar refractivity (Wildman–Crippen MR) is 69.1 cm³/mol. The summed E-state index contributed by atoms with van der Waals surface area (Å²) < 4.78 is 2.30. The van der Waals surface area contributed by atoms with Crippen molar-refractivity contribution >= 4 is 28.8 Å². The normalized spacial score (nSPS) is 15.3. The van der Waals surface area contributed by atoms with E-state index in [-0.39, 0.29) is 21.4 Å². The second-order valence-electron chi connectivity index (χ2n) is 4.28. The lowest BCUT2D eigenvalue weighted by molar-refractivity contribution is 0.0936. The summed E-state index contributed by atoms with van der Waals surface area (Å²) in [6.45, 7) is 2.78. The van der Waals surface area contributed by atoms with Gasteiger partial charge in [-0.3, -0.25) is 4.79 Å². The number of nitrogens with one attached hydrogen (secondary N) is 1. The molecule has 7 nitrogen and oxygen atoms in total. The Morgan fingerprint density at radius 1 is 1.42 bits per heavy atom. The lowest BCUT2D eigenvalue weighted by atomic mass is 10.3. The van der Waals surface area contributed by atoms with Gasteiger partial charge in [-0.2, -0.15) is 0 Å². The smallest absolute Gasteiger partial charge is 0.282 e. The van der Waals surface area contributed by atoms with Gasteiger partial charge in [-0.25, -0.2) is 0 Å². The quantitative estimate of drug-likeness (QED) is 0.921. The van der Waals surface area contributed by atoms with Gasteiger partial charge in [0.25, 0.3) is 5.91 Å². The van der Waals surface area contributed by atoms with Crippen molar-refractivity contribution in [3.8, 4) is 0 Å². The summed E-state index contributed by atoms with van der Waals surface area (Å²) in [5.74, 6) is 1.46. The Morgan fingerprint density at radius 2 is 2.26 bits per heavy atom. The van der Waals surface area contributed by atoms with Crippen LogP contribution < -0.4 is 5.32 Å². The summed E-state index contributed by atoms with van der Waals surface area (Å²) in [5, 5.41) is 18.6. The van der Waals surface area contributed by atoms with Crippen molar-refractivity contribution in [2.45, 2.75) is 32.4 Å². The lowest BCUT2D eigenvalue weighted by Crippen LogP contribution is -2.28. The first kappa shape index (κ1) is 12.5. The third-order valence-electron chi connectivity index (χ3n) is 2.97. The molecule has 9 heteroatoms. The number of nitrogens with zero attached hydrogens (tertiary/aromatic N) is 5. The van der Waals surface area contributed by atoms with Crippen molar-refractivity contribution < 1.29 is 4.79 Å². The molecule has 0 bridgehead atoms. The minimum atomic E-state index is -0.299. The van der Waals surface area contributed by atoms with E-state index in [1.54, 1.807) is 0 Å². The first-order valence-corrected chi connectivity index (χ1v) is 7.06. The minimum Gasteiger partial charge on any atom is -0.340 e. The van der Waals surface area contributed by atoms with Gasteiger partial charge in [-0.1, -0.05) is 11.3 Å². The van der Waals surface area contributed by atoms with Crippen molar-refractivity contribution in [2.24, 2.45) is 0 Å². The van der Waals surface area contributed by atoms with Gasteiger partial charge in [0, 0.05) is 13.0 Å². The summed E-state index contributed by atoms with van der Waals surface area (Å²) in [5.41, 5.74) is 0. The van der Waals surface area contributed by atoms with Crippen LogP contribution in [-0.2, 0) is 13.0 Å². The summed E-state index contributed by atoms with van der Waals surface area (Å²) in [7, 11) is 0. The van der Waals surface area contributed by atoms with Crippen molar-refractivity contribution in [3.63, 3.8) is 0 Å². The van der Waals surface area contributed by atoms with Gasteiger partial charge in [0.05, 0.1) is 6.04 Å². The van der Waals surface area contributed by atoms with E-state index < -0.39 is 0 Å². The molecule has 2 aromatic heterocycles. The zero-order valence-corrected chi connectivity index (χ0v) is 11.7. The Bertz CT molecular complexity index is 623. The van der Waals surface area contributed by atoms with Crippen LogP contribution in [0.2, 0.25) is 4.47 Å². The average Bonchev–Trinajstić information content (AvgIpc) is 3.02. The number of carbonyl (C=O) groups excluding carboxylic acids is 1. The van der Waals surface area contributed by atoms with E-state index >= 15 is 0 Å². The average molecular weight is 299 g/mol. The van der Waals surface area contributed by atoms with Crippen LogP contribution in [-0.4, -0.2) is 30.9 Å². The second kappa shape index (κ2) is 4.86. The van der Waals surface area contributed by atoms with E-state index in [1.165, 1.54) is 0 Å².